The summed E-state index contributed by atoms with van der Waals surface area (Å²) in [4.78, 5) is 36.9. The van der Waals surface area contributed by atoms with E-state index in [0.717, 1.165) is 0 Å². The Labute approximate surface area is 265 Å². The van der Waals surface area contributed by atoms with E-state index in [0.29, 0.717) is 17.8 Å². The summed E-state index contributed by atoms with van der Waals surface area (Å²) in [5, 5.41) is 11.9. The predicted octanol–water partition coefficient (Wildman–Crippen LogP) is 6.85. The molecule has 0 saturated carbocycles. The quantitative estimate of drug-likeness (QED) is 0.199. The number of rotatable bonds is 9. The highest BCUT2D eigenvalue weighted by Crippen LogP contribution is 2.45. The maximum absolute atomic E-state index is 12.9. The number of anilines is 1. The van der Waals surface area contributed by atoms with Gasteiger partial charge in [0.2, 0.25) is 11.9 Å². The Morgan fingerprint density at radius 1 is 1.07 bits per heavy atom. The van der Waals surface area contributed by atoms with Crippen molar-refractivity contribution >= 4 is 45.4 Å². The lowest BCUT2D eigenvalue weighted by Crippen LogP contribution is -2.56. The normalized spacial score (nSPS) is 21.2. The topological polar surface area (TPSA) is 144 Å². The van der Waals surface area contributed by atoms with E-state index >= 15 is 0 Å². The minimum Gasteiger partial charge on any atom is -0.411 e. The maximum Gasteiger partial charge on any atom is 0.280 e. The summed E-state index contributed by atoms with van der Waals surface area (Å²) in [6, 6.07) is 0. The first-order chi connectivity index (χ1) is 19.8. The Balaban J connectivity index is 2.15. The van der Waals surface area contributed by atoms with E-state index in [9.17, 15) is 15.0 Å². The molecule has 44 heavy (non-hydrogen) atoms. The zero-order valence-electron chi connectivity index (χ0n) is 29.6. The fourth-order valence-electron chi connectivity index (χ4n) is 4.44. The highest BCUT2D eigenvalue weighted by Gasteiger charge is 2.52. The molecule has 0 aliphatic carbocycles. The van der Waals surface area contributed by atoms with Crippen LogP contribution in [0.2, 0.25) is 36.3 Å². The number of nitrogens with zero attached hydrogens (tertiary/aromatic N) is 3. The molecule has 0 radical (unpaired) electrons. The van der Waals surface area contributed by atoms with E-state index in [2.05, 4.69) is 88.0 Å². The van der Waals surface area contributed by atoms with E-state index in [-0.39, 0.29) is 39.5 Å². The number of H-pyrrole nitrogens is 1. The van der Waals surface area contributed by atoms with Gasteiger partial charge in [0, 0.05) is 23.5 Å². The second-order valence-electron chi connectivity index (χ2n) is 16.6. The third kappa shape index (κ3) is 7.60. The number of nitrogens with one attached hydrogen (secondary N) is 3. The molecule has 4 atom stereocenters. The summed E-state index contributed by atoms with van der Waals surface area (Å²) < 4.78 is 22.7. The third-order valence-corrected chi connectivity index (χ3v) is 18.5. The zero-order valence-corrected chi connectivity index (χ0v) is 31.6. The molecule has 248 valence electrons. The predicted molar refractivity (Wildman–Crippen MR) is 181 cm³/mol. The van der Waals surface area contributed by atoms with E-state index < -0.39 is 46.0 Å². The molecule has 2 aromatic heterocycles. The van der Waals surface area contributed by atoms with Crippen LogP contribution >= 0.6 is 0 Å². The Bertz CT molecular complexity index is 1430. The summed E-state index contributed by atoms with van der Waals surface area (Å²) in [7, 11) is -4.64. The van der Waals surface area contributed by atoms with Crippen LogP contribution in [0.1, 0.15) is 88.8 Å². The molecule has 11 nitrogen and oxygen atoms in total. The molecule has 2 aromatic rings. The van der Waals surface area contributed by atoms with Gasteiger partial charge in [0.05, 0.1) is 12.4 Å². The standard InChI is InChI=1S/C31H56N6O5Si2/c1-18(2)26(38)35-28-34-25-21(27(39)36-28)33-17-37(25)20-16-19(41-43(12,13)30(6,7)8)22(40-20)23(24(32)29(3,4)5)42-44(14,15)31(9,10)11/h17-20,22-23,32H,16H2,1-15H3,(H2,34,35,36,38,39)/t19-,20+,22-,23+/m0/s1. The van der Waals surface area contributed by atoms with Crippen LogP contribution in [-0.2, 0) is 18.4 Å². The average Bonchev–Trinajstić information content (AvgIpc) is 3.44. The van der Waals surface area contributed by atoms with Crippen molar-refractivity contribution in [2.45, 2.75) is 143 Å². The van der Waals surface area contributed by atoms with Gasteiger partial charge in [-0.05, 0) is 36.3 Å². The highest BCUT2D eigenvalue weighted by molar-refractivity contribution is 6.74. The van der Waals surface area contributed by atoms with E-state index in [1.54, 1.807) is 24.7 Å². The average molecular weight is 649 g/mol. The van der Waals surface area contributed by atoms with Gasteiger partial charge in [0.15, 0.2) is 27.8 Å². The first-order valence-corrected chi connectivity index (χ1v) is 21.5. The van der Waals surface area contributed by atoms with Gasteiger partial charge >= 0.3 is 0 Å². The zero-order chi connectivity index (χ0) is 33.8. The van der Waals surface area contributed by atoms with Gasteiger partial charge < -0.3 is 19.0 Å². The van der Waals surface area contributed by atoms with Crippen LogP contribution in [0.3, 0.4) is 0 Å². The van der Waals surface area contributed by atoms with Gasteiger partial charge in [0.1, 0.15) is 18.4 Å². The Kier molecular flexibility index (Phi) is 10.1. The fraction of sp³-hybridized carbons (Fsp3) is 0.774. The molecule has 1 fully saturated rings. The van der Waals surface area contributed by atoms with Gasteiger partial charge in [-0.15, -0.1) is 0 Å². The van der Waals surface area contributed by atoms with Gasteiger partial charge in [-0.3, -0.25) is 24.5 Å². The van der Waals surface area contributed by atoms with Crippen LogP contribution in [-0.4, -0.2) is 66.1 Å². The molecular formula is C31H56N6O5Si2. The number of amides is 1. The first-order valence-electron chi connectivity index (χ1n) is 15.6. The van der Waals surface area contributed by atoms with Crippen LogP contribution in [0.5, 0.6) is 0 Å². The molecule has 0 unspecified atom stereocenters. The summed E-state index contributed by atoms with van der Waals surface area (Å²) >= 11 is 0. The van der Waals surface area contributed by atoms with Crippen molar-refractivity contribution in [1.82, 2.24) is 19.5 Å². The second-order valence-corrected chi connectivity index (χ2v) is 26.1. The number of aromatic amines is 1. The van der Waals surface area contributed by atoms with E-state index in [1.165, 1.54) is 0 Å². The Morgan fingerprint density at radius 2 is 1.64 bits per heavy atom. The second kappa shape index (κ2) is 12.2. The largest absolute Gasteiger partial charge is 0.411 e. The van der Waals surface area contributed by atoms with Crippen LogP contribution in [0.15, 0.2) is 11.1 Å². The molecule has 1 amide bonds. The Morgan fingerprint density at radius 3 is 2.14 bits per heavy atom. The number of imidazole rings is 1. The highest BCUT2D eigenvalue weighted by atomic mass is 28.4. The number of carbonyl (C=O) groups excluding carboxylic acids is 1. The summed E-state index contributed by atoms with van der Waals surface area (Å²) in [5.74, 6) is -0.492. The van der Waals surface area contributed by atoms with Crippen molar-refractivity contribution in [3.05, 3.63) is 16.7 Å². The van der Waals surface area contributed by atoms with E-state index in [4.69, 9.17) is 13.6 Å². The van der Waals surface area contributed by atoms with Crippen LogP contribution in [0.25, 0.3) is 11.2 Å². The van der Waals surface area contributed by atoms with Crippen LogP contribution in [0.4, 0.5) is 5.95 Å². The molecule has 3 N–H and O–H groups in total. The number of aromatic nitrogens is 4. The van der Waals surface area contributed by atoms with Gasteiger partial charge in [-0.25, -0.2) is 4.98 Å². The fourth-order valence-corrected chi connectivity index (χ4v) is 7.02. The maximum atomic E-state index is 12.9. The molecule has 1 aliphatic heterocycles. The summed E-state index contributed by atoms with van der Waals surface area (Å²) in [5.41, 5.74) is -0.00307. The Hall–Kier alpha value is -2.20. The number of fused-ring (bicyclic) bond motifs is 1. The third-order valence-electron chi connectivity index (χ3n) is 9.49. The summed E-state index contributed by atoms with van der Waals surface area (Å²) in [6.07, 6.45) is -0.161. The minimum absolute atomic E-state index is 0.0525. The van der Waals surface area contributed by atoms with Crippen molar-refractivity contribution in [3.8, 4) is 0 Å². The van der Waals surface area contributed by atoms with Gasteiger partial charge in [0.25, 0.3) is 5.56 Å². The molecule has 3 rings (SSSR count). The number of hydrogen-bond acceptors (Lipinski definition) is 8. The lowest BCUT2D eigenvalue weighted by atomic mass is 9.84. The number of hydrogen-bond donors (Lipinski definition) is 3. The van der Waals surface area contributed by atoms with Crippen molar-refractivity contribution in [2.75, 3.05) is 5.32 Å². The molecule has 1 aliphatic rings. The summed E-state index contributed by atoms with van der Waals surface area (Å²) in [6.45, 7) is 31.6. The molecular weight excluding hydrogens is 593 g/mol. The van der Waals surface area contributed by atoms with Crippen molar-refractivity contribution < 1.29 is 18.4 Å². The molecule has 3 heterocycles. The van der Waals surface area contributed by atoms with Crippen molar-refractivity contribution in [3.63, 3.8) is 0 Å². The van der Waals surface area contributed by atoms with E-state index in [1.807, 2.05) is 20.8 Å². The SMILES string of the molecule is CC(C)C(=O)Nc1nc2c(ncn2[C@H]2C[C@H](O[Si](C)(C)C(C)(C)C)[C@@H]([C@@H](O[Si](C)(C)C(C)(C)C)C(=N)C(C)(C)C)O2)c(=O)[nH]1. The molecule has 0 spiro atoms. The minimum atomic E-state index is -2.36. The molecule has 0 bridgehead atoms. The molecule has 1 saturated heterocycles. The lowest BCUT2D eigenvalue weighted by Gasteiger charge is -2.45. The number of ether oxygens (including phenoxy) is 1. The van der Waals surface area contributed by atoms with Crippen LogP contribution in [0, 0.1) is 16.7 Å². The monoisotopic (exact) mass is 648 g/mol. The smallest absolute Gasteiger partial charge is 0.280 e. The first kappa shape index (κ1) is 36.3. The molecule has 0 aromatic carbocycles. The van der Waals surface area contributed by atoms with Crippen LogP contribution < -0.4 is 10.9 Å². The number of carbonyl (C=O) groups is 1. The van der Waals surface area contributed by atoms with Gasteiger partial charge in [-0.2, -0.15) is 4.98 Å². The van der Waals surface area contributed by atoms with Gasteiger partial charge in [-0.1, -0.05) is 76.2 Å². The van der Waals surface area contributed by atoms with Crippen molar-refractivity contribution in [1.29, 1.82) is 5.41 Å². The lowest BCUT2D eigenvalue weighted by molar-refractivity contribution is -0.118. The molecule has 13 heteroatoms. The van der Waals surface area contributed by atoms with Crippen molar-refractivity contribution in [2.24, 2.45) is 11.3 Å².